The van der Waals surface area contributed by atoms with Crippen LogP contribution in [0.15, 0.2) is 49.4 Å². The number of benzene rings is 1. The molecule has 0 aliphatic heterocycles. The quantitative estimate of drug-likeness (QED) is 0.147. The number of carbonyl (C=O) groups excluding carboxylic acids is 3. The van der Waals surface area contributed by atoms with Crippen molar-refractivity contribution in [2.45, 2.75) is 6.92 Å². The van der Waals surface area contributed by atoms with E-state index in [9.17, 15) is 24.5 Å². The van der Waals surface area contributed by atoms with E-state index in [0.29, 0.717) is 17.6 Å². The molecule has 0 fully saturated rings. The molecule has 4 aromatic heterocycles. The molecule has 16 heteroatoms. The van der Waals surface area contributed by atoms with Gasteiger partial charge in [0.25, 0.3) is 5.69 Å². The second-order valence-corrected chi connectivity index (χ2v) is 7.15. The summed E-state index contributed by atoms with van der Waals surface area (Å²) in [6.07, 6.45) is 6.94. The van der Waals surface area contributed by atoms with Crippen LogP contribution < -0.4 is 9.57 Å². The number of H-pyrrole nitrogens is 1. The normalized spacial score (nSPS) is 10.9. The smallest absolute Gasteiger partial charge is 0.384 e. The summed E-state index contributed by atoms with van der Waals surface area (Å²) in [5, 5.41) is 11.0. The van der Waals surface area contributed by atoms with Gasteiger partial charge in [-0.2, -0.15) is 9.71 Å². The van der Waals surface area contributed by atoms with Crippen molar-refractivity contribution in [3.63, 3.8) is 0 Å². The molecule has 5 rings (SSSR count). The summed E-state index contributed by atoms with van der Waals surface area (Å²) in [6, 6.07) is 3.58. The standard InChI is InChI=1S/C20H13N9O7/c1-11-21-4-5-28(11)36-18(31)16-17(27(10-23-16)26-7-12(8-30)22-9-26)19(32)35-20-24-14-3-2-13(29(33)34)6-15(14)25-20/h2-10H,1H3,(H,24,25). The number of rotatable bonds is 7. The lowest BCUT2D eigenvalue weighted by molar-refractivity contribution is -0.384. The molecule has 36 heavy (non-hydrogen) atoms. The van der Waals surface area contributed by atoms with E-state index in [1.165, 1.54) is 47.8 Å². The first kappa shape index (κ1) is 22.1. The highest BCUT2D eigenvalue weighted by atomic mass is 16.7. The number of nitro groups is 1. The van der Waals surface area contributed by atoms with Crippen LogP contribution in [0.4, 0.5) is 5.69 Å². The summed E-state index contributed by atoms with van der Waals surface area (Å²) < 4.78 is 8.76. The maximum atomic E-state index is 13.2. The maximum absolute atomic E-state index is 13.2. The molecule has 0 aliphatic carbocycles. The first-order valence-corrected chi connectivity index (χ1v) is 10.00. The summed E-state index contributed by atoms with van der Waals surface area (Å²) in [4.78, 5) is 71.4. The molecular weight excluding hydrogens is 478 g/mol. The SMILES string of the molecule is Cc1nccn1OC(=O)c1ncn(-n2cnc(C=O)c2)c1C(=O)Oc1nc2ccc([N+](=O)[O-])cc2[nH]1. The van der Waals surface area contributed by atoms with Crippen LogP contribution in [0.25, 0.3) is 11.0 Å². The molecule has 0 unspecified atom stereocenters. The van der Waals surface area contributed by atoms with E-state index in [2.05, 4.69) is 24.9 Å². The Morgan fingerprint density at radius 2 is 2.00 bits per heavy atom. The molecule has 0 amide bonds. The summed E-state index contributed by atoms with van der Waals surface area (Å²) in [7, 11) is 0. The van der Waals surface area contributed by atoms with Gasteiger partial charge in [0.1, 0.15) is 24.2 Å². The van der Waals surface area contributed by atoms with Gasteiger partial charge in [-0.1, -0.05) is 0 Å². The van der Waals surface area contributed by atoms with Crippen LogP contribution in [0.1, 0.15) is 37.3 Å². The zero-order valence-corrected chi connectivity index (χ0v) is 18.1. The topological polar surface area (TPSA) is 195 Å². The number of aryl methyl sites for hydroxylation is 1. The van der Waals surface area contributed by atoms with Gasteiger partial charge >= 0.3 is 17.9 Å². The first-order chi connectivity index (χ1) is 17.3. The van der Waals surface area contributed by atoms with Crippen molar-refractivity contribution in [2.24, 2.45) is 0 Å². The number of hydrogen-bond acceptors (Lipinski definition) is 11. The Morgan fingerprint density at radius 1 is 1.17 bits per heavy atom. The first-order valence-electron chi connectivity index (χ1n) is 10.00. The number of nitro benzene ring substituents is 1. The molecule has 180 valence electrons. The van der Waals surface area contributed by atoms with E-state index in [1.807, 2.05) is 0 Å². The van der Waals surface area contributed by atoms with Gasteiger partial charge in [-0.3, -0.25) is 14.9 Å². The number of aromatic nitrogens is 8. The van der Waals surface area contributed by atoms with Crippen LogP contribution in [-0.2, 0) is 0 Å². The van der Waals surface area contributed by atoms with Crippen molar-refractivity contribution < 1.29 is 28.9 Å². The predicted octanol–water partition coefficient (Wildman–Crippen LogP) is 0.981. The molecule has 0 spiro atoms. The number of non-ortho nitro benzene ring substituents is 1. The van der Waals surface area contributed by atoms with Crippen LogP contribution >= 0.6 is 0 Å². The van der Waals surface area contributed by atoms with E-state index in [1.54, 1.807) is 6.92 Å². The number of esters is 1. The molecule has 4 heterocycles. The molecule has 1 aromatic carbocycles. The fourth-order valence-corrected chi connectivity index (χ4v) is 3.23. The Bertz CT molecular complexity index is 1660. The van der Waals surface area contributed by atoms with Crippen LogP contribution in [0, 0.1) is 17.0 Å². The largest absolute Gasteiger partial charge is 0.387 e. The molecule has 0 bridgehead atoms. The lowest BCUT2D eigenvalue weighted by Crippen LogP contribution is -2.26. The molecule has 0 atom stereocenters. The lowest BCUT2D eigenvalue weighted by atomic mass is 10.3. The Morgan fingerprint density at radius 3 is 2.69 bits per heavy atom. The second kappa shape index (κ2) is 8.60. The molecule has 0 saturated heterocycles. The van der Waals surface area contributed by atoms with E-state index in [4.69, 9.17) is 9.57 Å². The predicted molar refractivity (Wildman–Crippen MR) is 116 cm³/mol. The molecule has 0 saturated carbocycles. The maximum Gasteiger partial charge on any atom is 0.384 e. The van der Waals surface area contributed by atoms with Crippen molar-refractivity contribution in [3.05, 3.63) is 82.5 Å². The van der Waals surface area contributed by atoms with Crippen molar-refractivity contribution >= 4 is 34.9 Å². The van der Waals surface area contributed by atoms with Crippen molar-refractivity contribution in [1.82, 2.24) is 39.0 Å². The number of nitrogens with one attached hydrogen (secondary N) is 1. The molecule has 5 aromatic rings. The number of ether oxygens (including phenoxy) is 1. The third kappa shape index (κ3) is 3.94. The number of fused-ring (bicyclic) bond motifs is 1. The minimum absolute atomic E-state index is 0.0556. The number of hydrogen-bond donors (Lipinski definition) is 1. The van der Waals surface area contributed by atoms with Crippen LogP contribution in [0.5, 0.6) is 6.01 Å². The van der Waals surface area contributed by atoms with Crippen molar-refractivity contribution in [3.8, 4) is 6.01 Å². The van der Waals surface area contributed by atoms with E-state index in [0.717, 1.165) is 15.7 Å². The number of aldehydes is 1. The Kier molecular flexibility index (Phi) is 5.29. The minimum Gasteiger partial charge on any atom is -0.387 e. The van der Waals surface area contributed by atoms with Gasteiger partial charge in [0.2, 0.25) is 0 Å². The molecule has 0 radical (unpaired) electrons. The highest BCUT2D eigenvalue weighted by Gasteiger charge is 2.29. The zero-order valence-electron chi connectivity index (χ0n) is 18.1. The van der Waals surface area contributed by atoms with E-state index < -0.39 is 22.6 Å². The molecular formula is C20H13N9O7. The summed E-state index contributed by atoms with van der Waals surface area (Å²) in [5.41, 5.74) is -0.369. The average Bonchev–Trinajstić information content (AvgIpc) is 3.64. The van der Waals surface area contributed by atoms with Gasteiger partial charge in [-0.15, -0.1) is 0 Å². The molecule has 16 nitrogen and oxygen atoms in total. The lowest BCUT2D eigenvalue weighted by Gasteiger charge is -2.09. The fourth-order valence-electron chi connectivity index (χ4n) is 3.23. The average molecular weight is 491 g/mol. The summed E-state index contributed by atoms with van der Waals surface area (Å²) >= 11 is 0. The second-order valence-electron chi connectivity index (χ2n) is 7.15. The highest BCUT2D eigenvalue weighted by Crippen LogP contribution is 2.22. The zero-order chi connectivity index (χ0) is 25.4. The molecule has 0 aliphatic rings. The third-order valence-electron chi connectivity index (χ3n) is 4.90. The van der Waals surface area contributed by atoms with Crippen LogP contribution in [-0.4, -0.2) is 62.2 Å². The minimum atomic E-state index is -1.07. The summed E-state index contributed by atoms with van der Waals surface area (Å²) in [5.74, 6) is -1.71. The number of aromatic amines is 1. The molecule has 1 N–H and O–H groups in total. The highest BCUT2D eigenvalue weighted by molar-refractivity contribution is 6.01. The van der Waals surface area contributed by atoms with Gasteiger partial charge < -0.3 is 14.6 Å². The van der Waals surface area contributed by atoms with Crippen molar-refractivity contribution in [1.29, 1.82) is 0 Å². The van der Waals surface area contributed by atoms with E-state index >= 15 is 0 Å². The van der Waals surface area contributed by atoms with Crippen LogP contribution in [0.2, 0.25) is 0 Å². The van der Waals surface area contributed by atoms with Gasteiger partial charge in [0.15, 0.2) is 17.7 Å². The number of carbonyl (C=O) groups is 3. The Labute approximate surface area is 198 Å². The number of imidazole rings is 4. The Hall–Kier alpha value is -5.67. The summed E-state index contributed by atoms with van der Waals surface area (Å²) in [6.45, 7) is 1.60. The van der Waals surface area contributed by atoms with Gasteiger partial charge in [0.05, 0.1) is 28.4 Å². The van der Waals surface area contributed by atoms with E-state index in [-0.39, 0.29) is 28.6 Å². The van der Waals surface area contributed by atoms with Crippen molar-refractivity contribution in [2.75, 3.05) is 0 Å². The fraction of sp³-hybridized carbons (Fsp3) is 0.0500. The number of nitrogens with zero attached hydrogens (tertiary/aromatic N) is 8. The van der Waals surface area contributed by atoms with Gasteiger partial charge in [-0.25, -0.2) is 33.9 Å². The Balaban J connectivity index is 1.52. The third-order valence-corrected chi connectivity index (χ3v) is 4.90. The van der Waals surface area contributed by atoms with Gasteiger partial charge in [-0.05, 0) is 13.0 Å². The van der Waals surface area contributed by atoms with Gasteiger partial charge in [0, 0.05) is 18.3 Å². The monoisotopic (exact) mass is 491 g/mol. The van der Waals surface area contributed by atoms with Crippen LogP contribution in [0.3, 0.4) is 0 Å².